The van der Waals surface area contributed by atoms with Crippen molar-refractivity contribution in [1.82, 2.24) is 4.90 Å². The third-order valence-corrected chi connectivity index (χ3v) is 3.73. The Labute approximate surface area is 116 Å². The van der Waals surface area contributed by atoms with Crippen LogP contribution in [0, 0.1) is 5.92 Å². The minimum absolute atomic E-state index is 0.188. The summed E-state index contributed by atoms with van der Waals surface area (Å²) in [4.78, 5) is 2.31. The maximum absolute atomic E-state index is 9.97. The number of ether oxygens (including phenoxy) is 1. The molecule has 106 valence electrons. The van der Waals surface area contributed by atoms with E-state index < -0.39 is 0 Å². The number of β-amino-alcohol motifs (C(OH)–C–C–N with tert-alkyl or cyclic N) is 1. The molecule has 2 rings (SSSR count). The zero-order chi connectivity index (χ0) is 13.8. The third-order valence-electron chi connectivity index (χ3n) is 3.73. The standard InChI is InChI=1S/C16H25NO2/c1-12(2)19-16-7-5-4-6-14(16)10-17-9-8-13(3)15(18)11-17/h4-7,12-13,15,18H,8-11H2,1-3H3. The van der Waals surface area contributed by atoms with Gasteiger partial charge in [-0.3, -0.25) is 4.90 Å². The molecule has 1 heterocycles. The fourth-order valence-electron chi connectivity index (χ4n) is 2.50. The molecule has 0 saturated carbocycles. The highest BCUT2D eigenvalue weighted by Crippen LogP contribution is 2.24. The first-order chi connectivity index (χ1) is 9.06. The van der Waals surface area contributed by atoms with E-state index in [-0.39, 0.29) is 12.2 Å². The number of aliphatic hydroxyl groups excluding tert-OH is 1. The first-order valence-electron chi connectivity index (χ1n) is 7.21. The van der Waals surface area contributed by atoms with E-state index in [0.717, 1.165) is 31.8 Å². The highest BCUT2D eigenvalue weighted by atomic mass is 16.5. The number of para-hydroxylation sites is 1. The van der Waals surface area contributed by atoms with Gasteiger partial charge in [0.15, 0.2) is 0 Å². The van der Waals surface area contributed by atoms with Crippen molar-refractivity contribution >= 4 is 0 Å². The van der Waals surface area contributed by atoms with Gasteiger partial charge in [-0.1, -0.05) is 25.1 Å². The summed E-state index contributed by atoms with van der Waals surface area (Å²) in [5, 5.41) is 9.97. The largest absolute Gasteiger partial charge is 0.491 e. The Bertz CT molecular complexity index is 405. The second-order valence-corrected chi connectivity index (χ2v) is 5.84. The SMILES string of the molecule is CC(C)Oc1ccccc1CN1CCC(C)C(O)C1. The first kappa shape index (κ1) is 14.4. The molecule has 0 bridgehead atoms. The van der Waals surface area contributed by atoms with Crippen LogP contribution >= 0.6 is 0 Å². The molecule has 1 aromatic rings. The van der Waals surface area contributed by atoms with E-state index in [0.29, 0.717) is 5.92 Å². The van der Waals surface area contributed by atoms with Gasteiger partial charge < -0.3 is 9.84 Å². The summed E-state index contributed by atoms with van der Waals surface area (Å²) in [6.45, 7) is 8.88. The number of hydrogen-bond donors (Lipinski definition) is 1. The fraction of sp³-hybridized carbons (Fsp3) is 0.625. The van der Waals surface area contributed by atoms with Crippen LogP contribution in [0.2, 0.25) is 0 Å². The van der Waals surface area contributed by atoms with Gasteiger partial charge in [-0.15, -0.1) is 0 Å². The monoisotopic (exact) mass is 263 g/mol. The van der Waals surface area contributed by atoms with Crippen LogP contribution in [0.3, 0.4) is 0 Å². The van der Waals surface area contributed by atoms with Crippen LogP contribution in [0.1, 0.15) is 32.8 Å². The minimum Gasteiger partial charge on any atom is -0.491 e. The lowest BCUT2D eigenvalue weighted by atomic mass is 9.95. The van der Waals surface area contributed by atoms with Gasteiger partial charge in [0.05, 0.1) is 12.2 Å². The van der Waals surface area contributed by atoms with Crippen LogP contribution < -0.4 is 4.74 Å². The average molecular weight is 263 g/mol. The summed E-state index contributed by atoms with van der Waals surface area (Å²) in [5.74, 6) is 1.38. The predicted molar refractivity (Wildman–Crippen MR) is 77.3 cm³/mol. The Morgan fingerprint density at radius 1 is 1.37 bits per heavy atom. The van der Waals surface area contributed by atoms with E-state index in [9.17, 15) is 5.11 Å². The zero-order valence-corrected chi connectivity index (χ0v) is 12.2. The smallest absolute Gasteiger partial charge is 0.124 e. The molecule has 0 aromatic heterocycles. The number of likely N-dealkylation sites (tertiary alicyclic amines) is 1. The fourth-order valence-corrected chi connectivity index (χ4v) is 2.50. The second-order valence-electron chi connectivity index (χ2n) is 5.84. The Hall–Kier alpha value is -1.06. The summed E-state index contributed by atoms with van der Waals surface area (Å²) in [6, 6.07) is 8.19. The lowest BCUT2D eigenvalue weighted by Gasteiger charge is -2.34. The van der Waals surface area contributed by atoms with Crippen molar-refractivity contribution in [1.29, 1.82) is 0 Å². The number of benzene rings is 1. The van der Waals surface area contributed by atoms with E-state index in [1.54, 1.807) is 0 Å². The van der Waals surface area contributed by atoms with Gasteiger partial charge in [0.25, 0.3) is 0 Å². The molecule has 19 heavy (non-hydrogen) atoms. The number of hydrogen-bond acceptors (Lipinski definition) is 3. The maximum atomic E-state index is 9.97. The Kier molecular flexibility index (Phi) is 4.83. The van der Waals surface area contributed by atoms with Crippen LogP contribution in [-0.4, -0.2) is 35.3 Å². The predicted octanol–water partition coefficient (Wildman–Crippen LogP) is 2.68. The van der Waals surface area contributed by atoms with Gasteiger partial charge in [0, 0.05) is 18.7 Å². The van der Waals surface area contributed by atoms with Gasteiger partial charge in [-0.05, 0) is 38.8 Å². The number of aliphatic hydroxyl groups is 1. The van der Waals surface area contributed by atoms with Gasteiger partial charge in [-0.25, -0.2) is 0 Å². The Morgan fingerprint density at radius 2 is 2.11 bits per heavy atom. The average Bonchev–Trinajstić information content (AvgIpc) is 2.36. The van der Waals surface area contributed by atoms with Gasteiger partial charge in [0.2, 0.25) is 0 Å². The molecule has 0 spiro atoms. The molecule has 1 saturated heterocycles. The topological polar surface area (TPSA) is 32.7 Å². The second kappa shape index (κ2) is 6.40. The summed E-state index contributed by atoms with van der Waals surface area (Å²) < 4.78 is 5.85. The van der Waals surface area contributed by atoms with E-state index in [4.69, 9.17) is 4.74 Å². The zero-order valence-electron chi connectivity index (χ0n) is 12.2. The maximum Gasteiger partial charge on any atom is 0.124 e. The van der Waals surface area contributed by atoms with Crippen LogP contribution in [0.5, 0.6) is 5.75 Å². The van der Waals surface area contributed by atoms with Gasteiger partial charge >= 0.3 is 0 Å². The summed E-state index contributed by atoms with van der Waals surface area (Å²) >= 11 is 0. The minimum atomic E-state index is -0.202. The molecule has 1 fully saturated rings. The molecule has 1 N–H and O–H groups in total. The van der Waals surface area contributed by atoms with E-state index in [1.165, 1.54) is 5.56 Å². The molecular weight excluding hydrogens is 238 g/mol. The molecule has 3 heteroatoms. The Balaban J connectivity index is 2.02. The number of piperidine rings is 1. The molecule has 0 radical (unpaired) electrons. The van der Waals surface area contributed by atoms with Crippen LogP contribution in [-0.2, 0) is 6.54 Å². The van der Waals surface area contributed by atoms with E-state index >= 15 is 0 Å². The number of rotatable bonds is 4. The van der Waals surface area contributed by atoms with Crippen molar-refractivity contribution in [2.24, 2.45) is 5.92 Å². The molecule has 1 aliphatic heterocycles. The van der Waals surface area contributed by atoms with Crippen LogP contribution in [0.25, 0.3) is 0 Å². The van der Waals surface area contributed by atoms with Crippen molar-refractivity contribution in [3.05, 3.63) is 29.8 Å². The lowest BCUT2D eigenvalue weighted by molar-refractivity contribution is 0.0254. The molecule has 1 aliphatic rings. The lowest BCUT2D eigenvalue weighted by Crippen LogP contribution is -2.42. The Morgan fingerprint density at radius 3 is 2.79 bits per heavy atom. The third kappa shape index (κ3) is 3.95. The van der Waals surface area contributed by atoms with Crippen molar-refractivity contribution in [3.63, 3.8) is 0 Å². The molecule has 2 unspecified atom stereocenters. The highest BCUT2D eigenvalue weighted by Gasteiger charge is 2.24. The van der Waals surface area contributed by atoms with Crippen molar-refractivity contribution < 1.29 is 9.84 Å². The van der Waals surface area contributed by atoms with Crippen molar-refractivity contribution in [2.45, 2.75) is 45.9 Å². The van der Waals surface area contributed by atoms with Gasteiger partial charge in [-0.2, -0.15) is 0 Å². The normalized spacial score (nSPS) is 24.7. The van der Waals surface area contributed by atoms with Crippen molar-refractivity contribution in [3.8, 4) is 5.75 Å². The molecule has 0 aliphatic carbocycles. The molecular formula is C16H25NO2. The highest BCUT2D eigenvalue weighted by molar-refractivity contribution is 5.33. The molecule has 0 amide bonds. The molecule has 3 nitrogen and oxygen atoms in total. The van der Waals surface area contributed by atoms with Gasteiger partial charge in [0.1, 0.15) is 5.75 Å². The first-order valence-corrected chi connectivity index (χ1v) is 7.21. The summed E-state index contributed by atoms with van der Waals surface area (Å²) in [5.41, 5.74) is 1.21. The van der Waals surface area contributed by atoms with Crippen LogP contribution in [0.4, 0.5) is 0 Å². The molecule has 2 atom stereocenters. The number of nitrogens with zero attached hydrogens (tertiary/aromatic N) is 1. The van der Waals surface area contributed by atoms with E-state index in [2.05, 4.69) is 17.9 Å². The van der Waals surface area contributed by atoms with Crippen LogP contribution in [0.15, 0.2) is 24.3 Å². The summed E-state index contributed by atoms with van der Waals surface area (Å²) in [7, 11) is 0. The van der Waals surface area contributed by atoms with Crippen molar-refractivity contribution in [2.75, 3.05) is 13.1 Å². The summed E-state index contributed by atoms with van der Waals surface area (Å²) in [6.07, 6.45) is 1.05. The van der Waals surface area contributed by atoms with E-state index in [1.807, 2.05) is 32.0 Å². The quantitative estimate of drug-likeness (QED) is 0.906. The molecule has 1 aromatic carbocycles.